The Bertz CT molecular complexity index is 615. The molecule has 4 heteroatoms. The first kappa shape index (κ1) is 17.8. The van der Waals surface area contributed by atoms with Crippen molar-refractivity contribution >= 4 is 11.5 Å². The Hall–Kier alpha value is -1.58. The molecule has 0 fully saturated rings. The molecule has 23 heavy (non-hydrogen) atoms. The third kappa shape index (κ3) is 4.69. The molecule has 0 aromatic carbocycles. The smallest absolute Gasteiger partial charge is 0.157 e. The van der Waals surface area contributed by atoms with Gasteiger partial charge in [-0.3, -0.25) is 0 Å². The first-order valence-corrected chi connectivity index (χ1v) is 9.31. The number of nitrogens with zero attached hydrogens (tertiary/aromatic N) is 3. The number of rotatable bonds is 10. The second-order valence-electron chi connectivity index (χ2n) is 6.60. The van der Waals surface area contributed by atoms with Gasteiger partial charge in [-0.15, -0.1) is 0 Å². The molecular formula is C19H32N4. The fourth-order valence-electron chi connectivity index (χ4n) is 3.20. The predicted octanol–water partition coefficient (Wildman–Crippen LogP) is 4.87. The molecule has 0 bridgehead atoms. The molecule has 128 valence electrons. The molecule has 0 saturated carbocycles. The van der Waals surface area contributed by atoms with Crippen molar-refractivity contribution in [2.24, 2.45) is 0 Å². The fraction of sp³-hybridized carbons (Fsp3) is 0.684. The summed E-state index contributed by atoms with van der Waals surface area (Å²) < 4.78 is 1.81. The molecule has 0 unspecified atom stereocenters. The van der Waals surface area contributed by atoms with Crippen molar-refractivity contribution in [1.82, 2.24) is 14.6 Å². The van der Waals surface area contributed by atoms with Crippen LogP contribution in [-0.4, -0.2) is 14.6 Å². The number of hydrogen-bond acceptors (Lipinski definition) is 3. The zero-order valence-electron chi connectivity index (χ0n) is 15.1. The summed E-state index contributed by atoms with van der Waals surface area (Å²) in [6.07, 6.45) is 12.3. The Kier molecular flexibility index (Phi) is 6.87. The number of anilines is 1. The average molecular weight is 316 g/mol. The molecule has 0 aliphatic carbocycles. The Balaban J connectivity index is 2.02. The largest absolute Gasteiger partial charge is 0.383 e. The van der Waals surface area contributed by atoms with Gasteiger partial charge in [0, 0.05) is 17.3 Å². The predicted molar refractivity (Wildman–Crippen MR) is 97.8 cm³/mol. The Morgan fingerprint density at radius 1 is 0.957 bits per heavy atom. The van der Waals surface area contributed by atoms with Crippen molar-refractivity contribution < 1.29 is 0 Å². The highest BCUT2D eigenvalue weighted by atomic mass is 15.3. The van der Waals surface area contributed by atoms with Gasteiger partial charge in [-0.2, -0.15) is 9.61 Å². The van der Waals surface area contributed by atoms with Crippen LogP contribution in [0.25, 0.3) is 5.65 Å². The zero-order chi connectivity index (χ0) is 16.7. The van der Waals surface area contributed by atoms with Gasteiger partial charge in [0.2, 0.25) is 0 Å². The van der Waals surface area contributed by atoms with Gasteiger partial charge in [0.25, 0.3) is 0 Å². The van der Waals surface area contributed by atoms with Gasteiger partial charge in [0.1, 0.15) is 5.82 Å². The molecule has 2 aromatic rings. The molecular weight excluding hydrogens is 284 g/mol. The van der Waals surface area contributed by atoms with Gasteiger partial charge >= 0.3 is 0 Å². The number of unbranched alkanes of at least 4 members (excludes halogenated alkanes) is 6. The molecule has 0 saturated heterocycles. The number of nitrogens with two attached hydrogens (primary N) is 1. The summed E-state index contributed by atoms with van der Waals surface area (Å²) in [5.41, 5.74) is 10.6. The van der Waals surface area contributed by atoms with Crippen LogP contribution in [0, 0.1) is 6.92 Å². The number of fused-ring (bicyclic) bond motifs is 1. The van der Waals surface area contributed by atoms with E-state index in [2.05, 4.69) is 18.9 Å². The van der Waals surface area contributed by atoms with Crippen LogP contribution in [-0.2, 0) is 12.8 Å². The summed E-state index contributed by atoms with van der Waals surface area (Å²) in [7, 11) is 0. The third-order valence-electron chi connectivity index (χ3n) is 4.47. The summed E-state index contributed by atoms with van der Waals surface area (Å²) in [5, 5.41) is 4.48. The number of aryl methyl sites for hydroxylation is 2. The van der Waals surface area contributed by atoms with Gasteiger partial charge in [0.05, 0.1) is 5.69 Å². The second-order valence-corrected chi connectivity index (χ2v) is 6.60. The zero-order valence-corrected chi connectivity index (χ0v) is 15.1. The molecule has 2 rings (SSSR count). The van der Waals surface area contributed by atoms with Crippen molar-refractivity contribution in [3.8, 4) is 0 Å². The Morgan fingerprint density at radius 2 is 1.65 bits per heavy atom. The third-order valence-corrected chi connectivity index (χ3v) is 4.47. The van der Waals surface area contributed by atoms with Crippen molar-refractivity contribution in [3.05, 3.63) is 23.0 Å². The highest BCUT2D eigenvalue weighted by Gasteiger charge is 2.13. The molecule has 2 N–H and O–H groups in total. The van der Waals surface area contributed by atoms with E-state index in [4.69, 9.17) is 10.7 Å². The summed E-state index contributed by atoms with van der Waals surface area (Å²) in [6, 6.07) is 2.01. The lowest BCUT2D eigenvalue weighted by Crippen LogP contribution is -2.10. The maximum absolute atomic E-state index is 6.40. The van der Waals surface area contributed by atoms with Crippen LogP contribution >= 0.6 is 0 Å². The van der Waals surface area contributed by atoms with Crippen LogP contribution in [0.5, 0.6) is 0 Å². The van der Waals surface area contributed by atoms with Gasteiger partial charge in [-0.25, -0.2) is 4.98 Å². The standard InChI is InChI=1S/C19H32N4/c1-4-6-7-8-9-10-11-13-16-17(12-5-2)21-18-14-15(3)22-23(18)19(16)20/h14H,4-13,20H2,1-3H3. The minimum absolute atomic E-state index is 0.789. The minimum atomic E-state index is 0.789. The first-order chi connectivity index (χ1) is 11.2. The lowest BCUT2D eigenvalue weighted by atomic mass is 10.0. The van der Waals surface area contributed by atoms with Crippen LogP contribution in [0.3, 0.4) is 0 Å². The van der Waals surface area contributed by atoms with E-state index in [1.165, 1.54) is 56.2 Å². The normalized spacial score (nSPS) is 11.4. The fourth-order valence-corrected chi connectivity index (χ4v) is 3.20. The van der Waals surface area contributed by atoms with E-state index < -0.39 is 0 Å². The minimum Gasteiger partial charge on any atom is -0.383 e. The highest BCUT2D eigenvalue weighted by Crippen LogP contribution is 2.22. The molecule has 0 amide bonds. The summed E-state index contributed by atoms with van der Waals surface area (Å²) in [4.78, 5) is 4.81. The van der Waals surface area contributed by atoms with Crippen LogP contribution in [0.1, 0.15) is 82.2 Å². The van der Waals surface area contributed by atoms with Crippen molar-refractivity contribution in [1.29, 1.82) is 0 Å². The summed E-state index contributed by atoms with van der Waals surface area (Å²) >= 11 is 0. The molecule has 0 spiro atoms. The molecule has 0 atom stereocenters. The van der Waals surface area contributed by atoms with Crippen molar-refractivity contribution in [2.45, 2.75) is 85.0 Å². The van der Waals surface area contributed by atoms with Gasteiger partial charge in [-0.05, 0) is 26.2 Å². The molecule has 2 heterocycles. The topological polar surface area (TPSA) is 56.2 Å². The SMILES string of the molecule is CCCCCCCCCc1c(CCC)nc2cc(C)nn2c1N. The van der Waals surface area contributed by atoms with E-state index >= 15 is 0 Å². The average Bonchev–Trinajstić information content (AvgIpc) is 2.90. The van der Waals surface area contributed by atoms with E-state index in [1.807, 2.05) is 17.5 Å². The lowest BCUT2D eigenvalue weighted by Gasteiger charge is -2.12. The maximum atomic E-state index is 6.40. The molecule has 0 aliphatic heterocycles. The van der Waals surface area contributed by atoms with Crippen molar-refractivity contribution in [3.63, 3.8) is 0 Å². The van der Waals surface area contributed by atoms with Gasteiger partial charge < -0.3 is 5.73 Å². The quantitative estimate of drug-likeness (QED) is 0.636. The molecule has 0 aliphatic rings. The van der Waals surface area contributed by atoms with Crippen LogP contribution in [0.2, 0.25) is 0 Å². The summed E-state index contributed by atoms with van der Waals surface area (Å²) in [6.45, 7) is 6.45. The van der Waals surface area contributed by atoms with Crippen LogP contribution in [0.4, 0.5) is 5.82 Å². The van der Waals surface area contributed by atoms with Crippen molar-refractivity contribution in [2.75, 3.05) is 5.73 Å². The molecule has 2 aromatic heterocycles. The van der Waals surface area contributed by atoms with Gasteiger partial charge in [-0.1, -0.05) is 58.8 Å². The first-order valence-electron chi connectivity index (χ1n) is 9.31. The van der Waals surface area contributed by atoms with E-state index in [0.29, 0.717) is 0 Å². The Morgan fingerprint density at radius 3 is 2.35 bits per heavy atom. The monoisotopic (exact) mass is 316 g/mol. The molecule has 0 radical (unpaired) electrons. The maximum Gasteiger partial charge on any atom is 0.157 e. The Labute approximate surface area is 140 Å². The van der Waals surface area contributed by atoms with Gasteiger partial charge in [0.15, 0.2) is 5.65 Å². The van der Waals surface area contributed by atoms with Crippen LogP contribution in [0.15, 0.2) is 6.07 Å². The van der Waals surface area contributed by atoms with E-state index in [1.54, 1.807) is 0 Å². The van der Waals surface area contributed by atoms with E-state index in [9.17, 15) is 0 Å². The van der Waals surface area contributed by atoms with E-state index in [0.717, 1.165) is 36.4 Å². The molecule has 4 nitrogen and oxygen atoms in total. The van der Waals surface area contributed by atoms with Crippen LogP contribution < -0.4 is 5.73 Å². The number of nitrogen functional groups attached to an aromatic ring is 1. The number of hydrogen-bond donors (Lipinski definition) is 1. The second kappa shape index (κ2) is 8.90. The summed E-state index contributed by atoms with van der Waals surface area (Å²) in [5.74, 6) is 0.789. The lowest BCUT2D eigenvalue weighted by molar-refractivity contribution is 0.587. The van der Waals surface area contributed by atoms with E-state index in [-0.39, 0.29) is 0 Å². The number of aromatic nitrogens is 3. The highest BCUT2D eigenvalue weighted by molar-refractivity contribution is 5.53.